The Morgan fingerprint density at radius 1 is 1.41 bits per heavy atom. The van der Waals surface area contributed by atoms with Crippen molar-refractivity contribution in [1.29, 1.82) is 0 Å². The molecule has 2 aromatic rings. The molecule has 1 unspecified atom stereocenters. The summed E-state index contributed by atoms with van der Waals surface area (Å²) >= 11 is 1.43. The number of nitrogens with one attached hydrogen (secondary N) is 1. The number of alkyl halides is 3. The summed E-state index contributed by atoms with van der Waals surface area (Å²) in [6.45, 7) is 1.16. The van der Waals surface area contributed by atoms with Crippen LogP contribution in [0.5, 0.6) is 0 Å². The average molecular weight is 331 g/mol. The molecular weight excluding hydrogens is 319 g/mol. The summed E-state index contributed by atoms with van der Waals surface area (Å²) in [7, 11) is 0. The Hall–Kier alpha value is -2.16. The molecule has 1 N–H and O–H groups in total. The van der Waals surface area contributed by atoms with Crippen molar-refractivity contribution >= 4 is 17.2 Å². The summed E-state index contributed by atoms with van der Waals surface area (Å²) in [5, 5.41) is 7.72. The summed E-state index contributed by atoms with van der Waals surface area (Å²) in [4.78, 5) is 23.4. The highest BCUT2D eigenvalue weighted by Gasteiger charge is 2.38. The minimum atomic E-state index is -4.95. The number of halogens is 3. The van der Waals surface area contributed by atoms with Crippen LogP contribution in [0.4, 0.5) is 13.2 Å². The van der Waals surface area contributed by atoms with E-state index in [1.165, 1.54) is 24.3 Å². The van der Waals surface area contributed by atoms with E-state index in [4.69, 9.17) is 0 Å². The van der Waals surface area contributed by atoms with Gasteiger partial charge in [-0.15, -0.1) is 11.3 Å². The number of rotatable bonds is 4. The van der Waals surface area contributed by atoms with Crippen LogP contribution >= 0.6 is 11.3 Å². The van der Waals surface area contributed by atoms with Gasteiger partial charge in [0.1, 0.15) is 5.69 Å². The van der Waals surface area contributed by atoms with Crippen LogP contribution in [0.25, 0.3) is 10.6 Å². The Balaban J connectivity index is 2.16. The summed E-state index contributed by atoms with van der Waals surface area (Å²) in [6, 6.07) is 5.77. The fourth-order valence-electron chi connectivity index (χ4n) is 1.72. The van der Waals surface area contributed by atoms with Crippen molar-refractivity contribution in [2.45, 2.75) is 19.1 Å². The fourth-order valence-corrected chi connectivity index (χ4v) is 2.41. The van der Waals surface area contributed by atoms with E-state index in [0.717, 1.165) is 9.56 Å². The number of carbonyl (C=O) groups is 1. The van der Waals surface area contributed by atoms with E-state index in [1.807, 2.05) is 17.5 Å². The van der Waals surface area contributed by atoms with E-state index in [0.29, 0.717) is 5.69 Å². The zero-order chi connectivity index (χ0) is 16.3. The first kappa shape index (κ1) is 16.2. The van der Waals surface area contributed by atoms with E-state index < -0.39 is 23.7 Å². The molecule has 0 aliphatic rings. The van der Waals surface area contributed by atoms with E-state index in [2.05, 4.69) is 5.10 Å². The molecule has 118 valence electrons. The third-order valence-electron chi connectivity index (χ3n) is 2.83. The second-order valence-corrected chi connectivity index (χ2v) is 5.48. The Kier molecular flexibility index (Phi) is 4.65. The van der Waals surface area contributed by atoms with Crippen LogP contribution in [-0.2, 0) is 4.79 Å². The third-order valence-corrected chi connectivity index (χ3v) is 3.72. The van der Waals surface area contributed by atoms with Crippen LogP contribution in [0.2, 0.25) is 0 Å². The van der Waals surface area contributed by atoms with Crippen LogP contribution < -0.4 is 10.9 Å². The second-order valence-electron chi connectivity index (χ2n) is 4.54. The lowest BCUT2D eigenvalue weighted by molar-refractivity contribution is -0.173. The molecule has 0 saturated heterocycles. The van der Waals surface area contributed by atoms with Gasteiger partial charge in [-0.05, 0) is 24.4 Å². The maximum absolute atomic E-state index is 12.1. The first-order valence-corrected chi connectivity index (χ1v) is 7.16. The molecule has 0 fully saturated rings. The van der Waals surface area contributed by atoms with Crippen LogP contribution in [0.3, 0.4) is 0 Å². The van der Waals surface area contributed by atoms with Gasteiger partial charge in [0, 0.05) is 12.6 Å². The molecule has 0 radical (unpaired) electrons. The molecule has 1 atom stereocenters. The number of aromatic nitrogens is 2. The van der Waals surface area contributed by atoms with Gasteiger partial charge in [-0.1, -0.05) is 6.07 Å². The van der Waals surface area contributed by atoms with E-state index in [9.17, 15) is 22.8 Å². The maximum Gasteiger partial charge on any atom is 0.471 e. The average Bonchev–Trinajstić information content (AvgIpc) is 2.98. The molecule has 0 aliphatic carbocycles. The van der Waals surface area contributed by atoms with Crippen LogP contribution in [0.15, 0.2) is 34.4 Å². The van der Waals surface area contributed by atoms with Crippen molar-refractivity contribution in [3.05, 3.63) is 40.0 Å². The zero-order valence-electron chi connectivity index (χ0n) is 11.4. The van der Waals surface area contributed by atoms with Gasteiger partial charge in [-0.3, -0.25) is 9.59 Å². The number of amides is 1. The van der Waals surface area contributed by atoms with Crippen LogP contribution in [0.1, 0.15) is 13.0 Å². The van der Waals surface area contributed by atoms with Crippen molar-refractivity contribution in [3.8, 4) is 10.6 Å². The van der Waals surface area contributed by atoms with Gasteiger partial charge < -0.3 is 5.32 Å². The standard InChI is InChI=1S/C13H12F3N3O2S/c1-8(7-17-12(21)13(14,15)16)19-11(20)5-4-9(18-19)10-3-2-6-22-10/h2-6,8H,7H2,1H3,(H,17,21). The third kappa shape index (κ3) is 3.73. The summed E-state index contributed by atoms with van der Waals surface area (Å²) in [5.74, 6) is -2.04. The highest BCUT2D eigenvalue weighted by molar-refractivity contribution is 7.13. The lowest BCUT2D eigenvalue weighted by Crippen LogP contribution is -2.41. The summed E-state index contributed by atoms with van der Waals surface area (Å²) < 4.78 is 37.5. The molecule has 0 aliphatic heterocycles. The maximum atomic E-state index is 12.1. The van der Waals surface area contributed by atoms with Gasteiger partial charge in [0.15, 0.2) is 0 Å². The van der Waals surface area contributed by atoms with Crippen LogP contribution in [0, 0.1) is 0 Å². The van der Waals surface area contributed by atoms with Crippen molar-refractivity contribution in [2.75, 3.05) is 6.54 Å². The van der Waals surface area contributed by atoms with Gasteiger partial charge in [-0.25, -0.2) is 4.68 Å². The van der Waals surface area contributed by atoms with Gasteiger partial charge >= 0.3 is 12.1 Å². The molecule has 2 aromatic heterocycles. The van der Waals surface area contributed by atoms with Gasteiger partial charge in [0.2, 0.25) is 0 Å². The molecule has 2 heterocycles. The molecule has 1 amide bonds. The number of carbonyl (C=O) groups excluding carboxylic acids is 1. The molecule has 0 bridgehead atoms. The first-order valence-electron chi connectivity index (χ1n) is 6.28. The molecule has 0 saturated carbocycles. The highest BCUT2D eigenvalue weighted by atomic mass is 32.1. The van der Waals surface area contributed by atoms with E-state index >= 15 is 0 Å². The number of hydrogen-bond donors (Lipinski definition) is 1. The van der Waals surface area contributed by atoms with Gasteiger partial charge in [-0.2, -0.15) is 18.3 Å². The molecular formula is C13H12F3N3O2S. The minimum absolute atomic E-state index is 0.348. The lowest BCUT2D eigenvalue weighted by Gasteiger charge is -2.16. The Bertz CT molecular complexity index is 710. The van der Waals surface area contributed by atoms with E-state index in [1.54, 1.807) is 11.4 Å². The normalized spacial score (nSPS) is 12.9. The fraction of sp³-hybridized carbons (Fsp3) is 0.308. The highest BCUT2D eigenvalue weighted by Crippen LogP contribution is 2.21. The largest absolute Gasteiger partial charge is 0.471 e. The molecule has 9 heteroatoms. The first-order chi connectivity index (χ1) is 10.3. The van der Waals surface area contributed by atoms with E-state index in [-0.39, 0.29) is 6.54 Å². The minimum Gasteiger partial charge on any atom is -0.346 e. The number of hydrogen-bond acceptors (Lipinski definition) is 4. The van der Waals surface area contributed by atoms with Crippen molar-refractivity contribution < 1.29 is 18.0 Å². The SMILES string of the molecule is CC(CNC(=O)C(F)(F)F)n1nc(-c2cccs2)ccc1=O. The molecule has 2 rings (SSSR count). The van der Waals surface area contributed by atoms with Crippen LogP contribution in [-0.4, -0.2) is 28.4 Å². The monoisotopic (exact) mass is 331 g/mol. The Morgan fingerprint density at radius 3 is 2.73 bits per heavy atom. The molecule has 5 nitrogen and oxygen atoms in total. The molecule has 22 heavy (non-hydrogen) atoms. The Morgan fingerprint density at radius 2 is 2.14 bits per heavy atom. The molecule has 0 aromatic carbocycles. The van der Waals surface area contributed by atoms with Gasteiger partial charge in [0.25, 0.3) is 5.56 Å². The zero-order valence-corrected chi connectivity index (χ0v) is 12.2. The Labute approximate surface area is 127 Å². The molecule has 0 spiro atoms. The summed E-state index contributed by atoms with van der Waals surface area (Å²) in [5.41, 5.74) is 0.0951. The second kappa shape index (κ2) is 6.30. The van der Waals surface area contributed by atoms with Crippen molar-refractivity contribution in [1.82, 2.24) is 15.1 Å². The predicted molar refractivity (Wildman–Crippen MR) is 75.6 cm³/mol. The van der Waals surface area contributed by atoms with Crippen molar-refractivity contribution in [2.24, 2.45) is 0 Å². The number of nitrogens with zero attached hydrogens (tertiary/aromatic N) is 2. The lowest BCUT2D eigenvalue weighted by atomic mass is 10.3. The van der Waals surface area contributed by atoms with Crippen molar-refractivity contribution in [3.63, 3.8) is 0 Å². The summed E-state index contributed by atoms with van der Waals surface area (Å²) in [6.07, 6.45) is -4.95. The number of thiophene rings is 1. The predicted octanol–water partition coefficient (Wildman–Crippen LogP) is 2.21. The topological polar surface area (TPSA) is 64.0 Å². The van der Waals surface area contributed by atoms with Gasteiger partial charge in [0.05, 0.1) is 10.9 Å². The quantitative estimate of drug-likeness (QED) is 0.934. The smallest absolute Gasteiger partial charge is 0.346 e.